The molecular formula is C32H26FN7S. The van der Waals surface area contributed by atoms with Crippen LogP contribution in [0.2, 0.25) is 0 Å². The van der Waals surface area contributed by atoms with Crippen LogP contribution in [-0.2, 0) is 13.1 Å². The number of fused-ring (bicyclic) bond motifs is 2. The number of imidazole rings is 1. The van der Waals surface area contributed by atoms with Gasteiger partial charge in [-0.15, -0.1) is 11.3 Å². The second-order valence-electron chi connectivity index (χ2n) is 10.1. The highest BCUT2D eigenvalue weighted by Gasteiger charge is 2.21. The van der Waals surface area contributed by atoms with Gasteiger partial charge in [0.15, 0.2) is 11.5 Å². The Hall–Kier alpha value is -4.73. The second-order valence-corrected chi connectivity index (χ2v) is 11.4. The first-order chi connectivity index (χ1) is 20.0. The van der Waals surface area contributed by atoms with Crippen molar-refractivity contribution in [2.75, 3.05) is 0 Å². The molecule has 0 atom stereocenters. The van der Waals surface area contributed by atoms with Crippen LogP contribution >= 0.6 is 11.3 Å². The van der Waals surface area contributed by atoms with Gasteiger partial charge in [-0.25, -0.2) is 14.4 Å². The molecule has 0 aliphatic carbocycles. The number of aryl methyl sites for hydroxylation is 2. The predicted octanol–water partition coefficient (Wildman–Crippen LogP) is 7.34. The van der Waals surface area contributed by atoms with E-state index < -0.39 is 0 Å². The summed E-state index contributed by atoms with van der Waals surface area (Å²) in [7, 11) is 0. The third-order valence-electron chi connectivity index (χ3n) is 7.08. The molecule has 5 heterocycles. The lowest BCUT2D eigenvalue weighted by Gasteiger charge is -2.10. The van der Waals surface area contributed by atoms with Crippen molar-refractivity contribution in [3.8, 4) is 33.2 Å². The molecule has 0 unspecified atom stereocenters. The zero-order valence-corrected chi connectivity index (χ0v) is 23.3. The van der Waals surface area contributed by atoms with E-state index in [4.69, 9.17) is 4.98 Å². The van der Waals surface area contributed by atoms with E-state index in [9.17, 15) is 0 Å². The molecular weight excluding hydrogens is 533 g/mol. The second kappa shape index (κ2) is 10.3. The number of aromatic nitrogens is 6. The molecule has 5 aromatic heterocycles. The Bertz CT molecular complexity index is 2020. The minimum absolute atomic E-state index is 0.298. The summed E-state index contributed by atoms with van der Waals surface area (Å²) in [5.74, 6) is 0.0955. The molecule has 0 saturated carbocycles. The maximum Gasteiger partial charge on any atom is 0.184 e. The minimum Gasteiger partial charge on any atom is -0.337 e. The summed E-state index contributed by atoms with van der Waals surface area (Å²) < 4.78 is 16.3. The van der Waals surface area contributed by atoms with Gasteiger partial charge in [0, 0.05) is 35.9 Å². The van der Waals surface area contributed by atoms with Gasteiger partial charge in [-0.3, -0.25) is 10.1 Å². The summed E-state index contributed by atoms with van der Waals surface area (Å²) in [5.41, 5.74) is 7.60. The molecule has 202 valence electrons. The number of benzene rings is 2. The summed E-state index contributed by atoms with van der Waals surface area (Å²) in [6.07, 6.45) is 3.31. The Balaban J connectivity index is 1.25. The van der Waals surface area contributed by atoms with E-state index in [2.05, 4.69) is 61.7 Å². The number of thiophene rings is 1. The minimum atomic E-state index is -0.389. The van der Waals surface area contributed by atoms with Gasteiger partial charge in [-0.05, 0) is 54.8 Å². The third kappa shape index (κ3) is 4.79. The summed E-state index contributed by atoms with van der Waals surface area (Å²) in [6.45, 7) is 5.50. The molecule has 41 heavy (non-hydrogen) atoms. The number of halogens is 1. The fourth-order valence-electron chi connectivity index (χ4n) is 5.19. The summed E-state index contributed by atoms with van der Waals surface area (Å²) in [5, 5.41) is 11.0. The lowest BCUT2D eigenvalue weighted by Crippen LogP contribution is -2.12. The molecule has 0 radical (unpaired) electrons. The number of H-pyrrole nitrogens is 2. The Morgan fingerprint density at radius 1 is 0.927 bits per heavy atom. The van der Waals surface area contributed by atoms with E-state index in [0.29, 0.717) is 34.7 Å². The highest BCUT2D eigenvalue weighted by Crippen LogP contribution is 2.35. The van der Waals surface area contributed by atoms with Gasteiger partial charge in [0.25, 0.3) is 0 Å². The monoisotopic (exact) mass is 559 g/mol. The van der Waals surface area contributed by atoms with Crippen molar-refractivity contribution < 1.29 is 4.39 Å². The maximum atomic E-state index is 16.3. The normalized spacial score (nSPS) is 11.6. The van der Waals surface area contributed by atoms with Crippen LogP contribution in [0.25, 0.3) is 55.3 Å². The van der Waals surface area contributed by atoms with Crippen molar-refractivity contribution in [1.29, 1.82) is 0 Å². The van der Waals surface area contributed by atoms with E-state index in [-0.39, 0.29) is 5.82 Å². The number of rotatable bonds is 7. The van der Waals surface area contributed by atoms with Gasteiger partial charge >= 0.3 is 0 Å². The number of nitrogens with zero attached hydrogens (tertiary/aromatic N) is 4. The van der Waals surface area contributed by atoms with Crippen LogP contribution in [0.4, 0.5) is 4.39 Å². The quantitative estimate of drug-likeness (QED) is 0.190. The van der Waals surface area contributed by atoms with Crippen LogP contribution in [0.3, 0.4) is 0 Å². The van der Waals surface area contributed by atoms with Crippen molar-refractivity contribution in [2.45, 2.75) is 26.9 Å². The van der Waals surface area contributed by atoms with Crippen LogP contribution in [-0.4, -0.2) is 30.1 Å². The van der Waals surface area contributed by atoms with E-state index >= 15 is 4.39 Å². The maximum absolute atomic E-state index is 16.3. The fourth-order valence-corrected chi connectivity index (χ4v) is 6.05. The lowest BCUT2D eigenvalue weighted by atomic mass is 10.00. The summed E-state index contributed by atoms with van der Waals surface area (Å²) in [4.78, 5) is 19.5. The van der Waals surface area contributed by atoms with Crippen LogP contribution in [0.5, 0.6) is 0 Å². The van der Waals surface area contributed by atoms with Gasteiger partial charge in [0.05, 0.1) is 15.8 Å². The molecule has 7 aromatic rings. The standard InChI is InChI=1S/C32H26FN7S/c1-18-12-21(16-34-15-20-6-4-3-5-7-20)14-22(13-18)23-17-36-31-26(27(23)33)30(39-40-31)32-37-24-10-11-35-29(28(24)38-32)25-9-8-19(2)41-25/h3-14,17,34H,15-16H2,1-2H3,(H,37,38)(H,36,39,40). The molecule has 7 rings (SSSR count). The lowest BCUT2D eigenvalue weighted by molar-refractivity contribution is 0.642. The molecule has 0 saturated heterocycles. The van der Waals surface area contributed by atoms with Gasteiger partial charge in [-0.2, -0.15) is 5.10 Å². The predicted molar refractivity (Wildman–Crippen MR) is 162 cm³/mol. The first-order valence-electron chi connectivity index (χ1n) is 13.3. The Morgan fingerprint density at radius 3 is 2.61 bits per heavy atom. The Labute approximate surface area is 239 Å². The molecule has 3 N–H and O–H groups in total. The SMILES string of the molecule is Cc1cc(CNCc2ccccc2)cc(-c2cnc3n[nH]c(-c4nc5c(-c6ccc(C)s6)nccc5[nH]4)c3c2F)c1. The number of aromatic amines is 2. The molecule has 0 bridgehead atoms. The molecule has 0 aliphatic heterocycles. The molecule has 7 nitrogen and oxygen atoms in total. The first-order valence-corrected chi connectivity index (χ1v) is 14.2. The van der Waals surface area contributed by atoms with Crippen LogP contribution in [0, 0.1) is 19.7 Å². The van der Waals surface area contributed by atoms with Crippen molar-refractivity contribution in [1.82, 2.24) is 35.5 Å². The average Bonchev–Trinajstić information content (AvgIpc) is 3.71. The highest BCUT2D eigenvalue weighted by molar-refractivity contribution is 7.15. The first kappa shape index (κ1) is 25.3. The summed E-state index contributed by atoms with van der Waals surface area (Å²) >= 11 is 1.66. The van der Waals surface area contributed by atoms with Crippen molar-refractivity contribution in [2.24, 2.45) is 0 Å². The van der Waals surface area contributed by atoms with Gasteiger partial charge in [0.1, 0.15) is 22.7 Å². The topological polar surface area (TPSA) is 95.2 Å². The van der Waals surface area contributed by atoms with Gasteiger partial charge in [-0.1, -0.05) is 48.0 Å². The number of hydrogen-bond donors (Lipinski definition) is 3. The summed E-state index contributed by atoms with van der Waals surface area (Å²) in [6, 6.07) is 22.3. The number of nitrogens with one attached hydrogen (secondary N) is 3. The van der Waals surface area contributed by atoms with Gasteiger partial charge < -0.3 is 10.3 Å². The van der Waals surface area contributed by atoms with Crippen molar-refractivity contribution in [3.63, 3.8) is 0 Å². The molecule has 9 heteroatoms. The van der Waals surface area contributed by atoms with Crippen LogP contribution in [0.1, 0.15) is 21.6 Å². The zero-order valence-electron chi connectivity index (χ0n) is 22.5. The van der Waals surface area contributed by atoms with Crippen molar-refractivity contribution >= 4 is 33.4 Å². The highest BCUT2D eigenvalue weighted by atomic mass is 32.1. The number of pyridine rings is 2. The molecule has 0 spiro atoms. The molecule has 0 amide bonds. The zero-order chi connectivity index (χ0) is 27.9. The number of hydrogen-bond acceptors (Lipinski definition) is 6. The van der Waals surface area contributed by atoms with Gasteiger partial charge in [0.2, 0.25) is 0 Å². The van der Waals surface area contributed by atoms with E-state index in [1.807, 2.05) is 49.4 Å². The molecule has 0 aliphatic rings. The fraction of sp³-hybridized carbons (Fsp3) is 0.125. The molecule has 0 fully saturated rings. The Kier molecular flexibility index (Phi) is 6.37. The smallest absolute Gasteiger partial charge is 0.184 e. The van der Waals surface area contributed by atoms with E-state index in [1.54, 1.807) is 23.7 Å². The van der Waals surface area contributed by atoms with Crippen molar-refractivity contribution in [3.05, 3.63) is 107 Å². The molecule has 2 aromatic carbocycles. The van der Waals surface area contributed by atoms with Crippen LogP contribution < -0.4 is 5.32 Å². The Morgan fingerprint density at radius 2 is 1.78 bits per heavy atom. The van der Waals surface area contributed by atoms with Crippen LogP contribution in [0.15, 0.2) is 79.1 Å². The average molecular weight is 560 g/mol. The largest absolute Gasteiger partial charge is 0.337 e. The third-order valence-corrected chi connectivity index (χ3v) is 8.09. The van der Waals surface area contributed by atoms with E-state index in [1.165, 1.54) is 10.4 Å². The van der Waals surface area contributed by atoms with E-state index in [0.717, 1.165) is 44.8 Å².